The van der Waals surface area contributed by atoms with E-state index in [1.807, 2.05) is 96.1 Å². The zero-order chi connectivity index (χ0) is 88.4. The van der Waals surface area contributed by atoms with E-state index in [0.717, 1.165) is 51.4 Å². The van der Waals surface area contributed by atoms with E-state index in [9.17, 15) is 47.9 Å². The summed E-state index contributed by atoms with van der Waals surface area (Å²) in [5, 5.41) is 7.91. The number of nitrogens with zero attached hydrogens (tertiary/aromatic N) is 5. The first-order valence-corrected chi connectivity index (χ1v) is 70.2. The summed E-state index contributed by atoms with van der Waals surface area (Å²) in [5.41, 5.74) is -2.77. The van der Waals surface area contributed by atoms with Crippen LogP contribution < -0.4 is 42.6 Å². The van der Waals surface area contributed by atoms with Crippen molar-refractivity contribution < 1.29 is 71.0 Å². The molecule has 0 bridgehead atoms. The molecule has 0 spiro atoms. The molecule has 0 amide bonds. The molecule has 5 saturated heterocycles. The number of esters is 4. The Balaban J connectivity index is 0.000000348. The number of aromatic amines is 3. The molecule has 7 aliphatic rings. The molecular weight excluding hydrogens is 2180 g/mol. The van der Waals surface area contributed by atoms with Gasteiger partial charge in [0, 0.05) is 80.5 Å². The Bertz CT molecular complexity index is 4610. The standard InChI is InChI=1S/C10H17IN2O3P2S.C10H12N2O3.C10H20N2O2Si2.C9H10N2O4.C8H17IO3P2S.2C6H13IO2P2S.C6H10O2.CH4/c1-2-6-5-7(19(11,17)18)9(16-6)13-4-3-8(14)12-10(13)15;1-2-7-3-4-9(15-7)12-6-5-8(13)11-10(12)14;1-15(2,3)13-9-7-8-11-10(12-9)14-16(4,5)6;12-5-6-1-2-8(15-6)11-4-3-7(13)10-9(11)14;1-3-6-4-7(15(9,13)14)8(12-6)11-5(2)10;2*1-2-4-3-5(6(8)9-4)12(7,10)11;1-2-5-3-4-6(7)8-5;/h3-4,6-7,9,17,19H,2,5,18H2,1H3,(H,12,14,15);3-7,9H,2H2,1H3,(H,11,13,14);7-8H,1-6H3;1-4,6,8,12H,5H2,(H,10,13,14);6-8,13,15H,3-4,14H2,1-2H3;2*4-5,10,12H,2-3,11H2,1H3;5H,2-4H2,1H3;1H4/t6-,7?,9-;7-,9-;;6-,8+;6-,7?,8-;2*4-,5?;5-;/m11.01111./s1/i19T;;;;15T;2*12T;;. The van der Waals surface area contributed by atoms with Crippen LogP contribution in [-0.2, 0) is 80.7 Å². The Morgan fingerprint density at radius 1 is 0.566 bits per heavy atom. The Labute approximate surface area is 736 Å². The van der Waals surface area contributed by atoms with E-state index in [2.05, 4.69) is 172 Å². The summed E-state index contributed by atoms with van der Waals surface area (Å²) in [7, 11) is 20.6. The summed E-state index contributed by atoms with van der Waals surface area (Å²) in [5.74, 6) is -10.7. The number of H-pyrrole nitrogens is 3. The third-order valence-electron chi connectivity index (χ3n) is 16.5. The SMILES string of the molecule is C.CC[C@@H]1C=C[C@H](n2ccc(=O)[nH]c2=O)O1.CC[C@@H]1CCC(=O)O1.C[Si](C)(C)Oc1ccnc(O[Si](C)(C)C)n1.O=c1ccn([C@H]2C=C[C@@H](CO)O2)c(=O)[nH]1.[3H]S(=P)(P)(I)C1C[C@@H](CC)OC1=O.[3H]S(=P)(P)(I)C1C[C@@H](CC)OC1=O.[3H]S(=P)(P)(I)C1C[C@@H](CC)O[C@H]1OC(C)=O.[3H]S(=P)(P)(I)C1C[C@@H](CC)O[C@H]1n1ccc(=O)[nH]c1=O. The number of ether oxygens (including phenoxy) is 8. The molecule has 11 heterocycles. The van der Waals surface area contributed by atoms with Gasteiger partial charge >= 0.3 is 47.0 Å². The Hall–Kier alpha value is -0.446. The number of nitrogens with one attached hydrogen (secondary N) is 3. The minimum atomic E-state index is -2.71. The number of aliphatic hydroxyl groups is 1. The summed E-state index contributed by atoms with van der Waals surface area (Å²) in [6, 6.07) is 6.04. The number of rotatable bonds is 19. The van der Waals surface area contributed by atoms with Gasteiger partial charge in [0.2, 0.25) is 28.8 Å². The van der Waals surface area contributed by atoms with Crippen molar-refractivity contribution in [3.05, 3.63) is 136 Å². The van der Waals surface area contributed by atoms with Crippen LogP contribution in [0.5, 0.6) is 11.9 Å². The lowest BCUT2D eigenvalue weighted by Crippen LogP contribution is -2.36. The van der Waals surface area contributed by atoms with Gasteiger partial charge in [-0.2, -0.15) is 28.6 Å². The van der Waals surface area contributed by atoms with Crippen LogP contribution in [0.25, 0.3) is 0 Å². The summed E-state index contributed by atoms with van der Waals surface area (Å²) in [4.78, 5) is 127. The number of halogens is 4. The van der Waals surface area contributed by atoms with Crippen molar-refractivity contribution in [1.29, 1.82) is 4.50 Å². The molecule has 4 aromatic rings. The molecular formula is C66H116I4N8O21P8S4Si2. The monoisotopic (exact) mass is 2300 g/mol. The zero-order valence-electron chi connectivity index (χ0n) is 68.6. The van der Waals surface area contributed by atoms with Crippen LogP contribution in [0.3, 0.4) is 0 Å². The lowest BCUT2D eigenvalue weighted by atomic mass is 10.2. The highest BCUT2D eigenvalue weighted by Crippen LogP contribution is 2.48. The lowest BCUT2D eigenvalue weighted by molar-refractivity contribution is -0.172. The topological polar surface area (TPSA) is 371 Å². The number of hydrogen-bond donors (Lipinski definition) is 8. The maximum Gasteiger partial charge on any atom is 0.330 e. The summed E-state index contributed by atoms with van der Waals surface area (Å²) in [6.07, 6.45) is 20.3. The molecule has 29 nitrogen and oxygen atoms in total. The highest BCUT2D eigenvalue weighted by Gasteiger charge is 2.42. The van der Waals surface area contributed by atoms with E-state index >= 15 is 0 Å². The van der Waals surface area contributed by atoms with Crippen LogP contribution in [0.1, 0.15) is 152 Å². The second-order valence-electron chi connectivity index (χ2n) is 27.8. The average molecular weight is 2310 g/mol. The average Bonchev–Trinajstić information content (AvgIpc) is 1.63. The Morgan fingerprint density at radius 3 is 1.31 bits per heavy atom. The number of hydrogen-bond acceptors (Lipinski definition) is 23. The van der Waals surface area contributed by atoms with Crippen LogP contribution in [-0.4, -0.2) is 165 Å². The van der Waals surface area contributed by atoms with Crippen LogP contribution >= 0.6 is 151 Å². The highest BCUT2D eigenvalue weighted by atomic mass is 127. The smallest absolute Gasteiger partial charge is 0.330 e. The van der Waals surface area contributed by atoms with E-state index in [-0.39, 0.29) is 95.5 Å². The minimum absolute atomic E-state index is 0. The molecule has 646 valence electrons. The van der Waals surface area contributed by atoms with Gasteiger partial charge in [0.05, 0.1) is 45.2 Å². The van der Waals surface area contributed by atoms with Gasteiger partial charge in [-0.1, -0.05) is 127 Å². The fourth-order valence-corrected chi connectivity index (χ4v) is 26.2. The molecule has 113 heavy (non-hydrogen) atoms. The van der Waals surface area contributed by atoms with Gasteiger partial charge in [-0.3, -0.25) is 62.2 Å². The van der Waals surface area contributed by atoms with Gasteiger partial charge in [-0.25, -0.2) is 19.4 Å². The minimum Gasteiger partial charge on any atom is -0.531 e. The maximum atomic E-state index is 12.0. The van der Waals surface area contributed by atoms with Crippen molar-refractivity contribution in [3.63, 3.8) is 0 Å². The van der Waals surface area contributed by atoms with Gasteiger partial charge in [0.1, 0.15) is 30.6 Å². The molecule has 11 rings (SSSR count). The van der Waals surface area contributed by atoms with E-state index < -0.39 is 105 Å². The molecule has 19 atom stereocenters. The van der Waals surface area contributed by atoms with Crippen molar-refractivity contribution in [1.82, 2.24) is 38.6 Å². The zero-order valence-corrected chi connectivity index (χ0v) is 87.1. The lowest BCUT2D eigenvalue weighted by Gasteiger charge is -2.28. The fraction of sp³-hybridized carbons (Fsp3) is 0.636. The van der Waals surface area contributed by atoms with E-state index in [1.54, 1.807) is 24.4 Å². The van der Waals surface area contributed by atoms with Crippen molar-refractivity contribution >= 4 is 215 Å². The molecule has 7 aliphatic heterocycles. The molecule has 0 saturated carbocycles. The van der Waals surface area contributed by atoms with Crippen molar-refractivity contribution in [3.8, 4) is 11.9 Å². The van der Waals surface area contributed by atoms with Gasteiger partial charge < -0.3 is 51.9 Å². The molecule has 0 aromatic carbocycles. The third kappa shape index (κ3) is 38.1. The predicted octanol–water partition coefficient (Wildman–Crippen LogP) is 12.6. The Morgan fingerprint density at radius 2 is 0.982 bits per heavy atom. The second-order valence-corrected chi connectivity index (χ2v) is 106. The molecule has 5 fully saturated rings. The van der Waals surface area contributed by atoms with Crippen LogP contribution in [0, 0.1) is 0 Å². The van der Waals surface area contributed by atoms with E-state index in [0.29, 0.717) is 37.6 Å². The fourth-order valence-electron chi connectivity index (χ4n) is 10.8. The summed E-state index contributed by atoms with van der Waals surface area (Å²) < 4.78 is 91.1. The number of aliphatic hydroxyl groups excluding tert-OH is 1. The Kier molecular flexibility index (Phi) is 43.9. The molecule has 8 unspecified atom stereocenters. The van der Waals surface area contributed by atoms with E-state index in [1.165, 1.54) is 57.4 Å². The largest absolute Gasteiger partial charge is 0.531 e. The van der Waals surface area contributed by atoms with Crippen LogP contribution in [0.15, 0.2) is 102 Å². The molecule has 4 N–H and O–H groups in total. The number of carbonyl (C=O) groups is 4. The molecule has 0 radical (unpaired) electrons. The summed E-state index contributed by atoms with van der Waals surface area (Å²) in [6.45, 7) is 25.9. The first-order chi connectivity index (χ1) is 53.0. The van der Waals surface area contributed by atoms with Crippen molar-refractivity contribution in [2.45, 2.75) is 261 Å². The number of thiol groups is 4. The molecule has 4 aromatic heterocycles. The first-order valence-electron chi connectivity index (χ1n) is 37.3. The second kappa shape index (κ2) is 49.7. The highest BCUT2D eigenvalue weighted by molar-refractivity contribution is 14.2. The molecule has 47 heteroatoms. The maximum absolute atomic E-state index is 12.0. The number of carbonyl (C=O) groups excluding carboxylic acids is 4. The normalized spacial score (nSPS) is 27.6. The third-order valence-corrected chi connectivity index (χ3v) is 38.4. The van der Waals surface area contributed by atoms with Crippen LogP contribution in [0.4, 0.5) is 0 Å². The van der Waals surface area contributed by atoms with Gasteiger partial charge in [-0.05, 0) is 194 Å². The summed E-state index contributed by atoms with van der Waals surface area (Å²) >= 11 is 8.18. The number of aromatic nitrogens is 8. The van der Waals surface area contributed by atoms with Gasteiger partial charge in [0.15, 0.2) is 12.5 Å². The van der Waals surface area contributed by atoms with Crippen molar-refractivity contribution in [2.24, 2.45) is 0 Å². The number of cyclic esters (lactones) is 3. The quantitative estimate of drug-likeness (QED) is 0.00822. The predicted molar refractivity (Wildman–Crippen MR) is 526 cm³/mol. The molecule has 0 aliphatic carbocycles. The first kappa shape index (κ1) is 99.7. The van der Waals surface area contributed by atoms with Crippen LogP contribution in [0.2, 0.25) is 39.3 Å². The van der Waals surface area contributed by atoms with E-state index in [4.69, 9.17) is 56.3 Å². The van der Waals surface area contributed by atoms with Gasteiger partial charge in [-0.15, -0.1) is 0 Å². The van der Waals surface area contributed by atoms with Gasteiger partial charge in [0.25, 0.3) is 16.7 Å². The van der Waals surface area contributed by atoms with Crippen molar-refractivity contribution in [2.75, 3.05) is 6.61 Å².